The molecular weight excluding hydrogens is 272 g/mol. The van der Waals surface area contributed by atoms with Crippen LogP contribution in [-0.4, -0.2) is 22.9 Å². The van der Waals surface area contributed by atoms with Crippen LogP contribution in [0.15, 0.2) is 18.2 Å². The van der Waals surface area contributed by atoms with Crippen LogP contribution in [0.5, 0.6) is 0 Å². The molecule has 0 heterocycles. The lowest BCUT2D eigenvalue weighted by atomic mass is 10.1. The summed E-state index contributed by atoms with van der Waals surface area (Å²) < 4.78 is 0. The summed E-state index contributed by atoms with van der Waals surface area (Å²) in [5.74, 6) is -1.61. The van der Waals surface area contributed by atoms with Crippen LogP contribution in [0, 0.1) is 5.92 Å². The van der Waals surface area contributed by atoms with Crippen molar-refractivity contribution >= 4 is 29.2 Å². The van der Waals surface area contributed by atoms with Gasteiger partial charge in [-0.05, 0) is 31.0 Å². The van der Waals surface area contributed by atoms with Crippen molar-refractivity contribution in [2.24, 2.45) is 5.92 Å². The normalized spacial score (nSPS) is 14.7. The number of carboxylic acid groups (broad SMARTS) is 1. The number of amides is 2. The number of carbonyl (C=O) groups excluding carboxylic acids is 2. The highest BCUT2D eigenvalue weighted by molar-refractivity contribution is 6.02. The molecule has 0 bridgehead atoms. The molecule has 0 aliphatic heterocycles. The second kappa shape index (κ2) is 6.39. The Morgan fingerprint density at radius 2 is 1.81 bits per heavy atom. The van der Waals surface area contributed by atoms with Gasteiger partial charge in [-0.25, -0.2) is 4.79 Å². The van der Waals surface area contributed by atoms with Crippen molar-refractivity contribution < 1.29 is 19.5 Å². The Hall–Kier alpha value is -2.37. The van der Waals surface area contributed by atoms with Crippen LogP contribution >= 0.6 is 0 Å². The average molecular weight is 290 g/mol. The van der Waals surface area contributed by atoms with Crippen LogP contribution in [0.2, 0.25) is 0 Å². The average Bonchev–Trinajstić information content (AvgIpc) is 2.93. The fourth-order valence-corrected chi connectivity index (χ4v) is 2.53. The van der Waals surface area contributed by atoms with Crippen molar-refractivity contribution in [1.29, 1.82) is 0 Å². The molecule has 0 unspecified atom stereocenters. The molecule has 1 aliphatic rings. The molecule has 1 fully saturated rings. The number of anilines is 2. The van der Waals surface area contributed by atoms with Crippen LogP contribution in [0.4, 0.5) is 11.4 Å². The molecule has 112 valence electrons. The molecule has 1 aromatic rings. The van der Waals surface area contributed by atoms with E-state index in [0.717, 1.165) is 25.7 Å². The molecule has 6 nitrogen and oxygen atoms in total. The fourth-order valence-electron chi connectivity index (χ4n) is 2.53. The maximum Gasteiger partial charge on any atom is 0.337 e. The third kappa shape index (κ3) is 3.81. The molecule has 1 aliphatic carbocycles. The van der Waals surface area contributed by atoms with Gasteiger partial charge in [-0.2, -0.15) is 0 Å². The number of benzene rings is 1. The van der Waals surface area contributed by atoms with E-state index in [2.05, 4.69) is 10.6 Å². The zero-order valence-electron chi connectivity index (χ0n) is 11.8. The predicted octanol–water partition coefficient (Wildman–Crippen LogP) is 2.47. The lowest BCUT2D eigenvalue weighted by Gasteiger charge is -2.13. The maximum absolute atomic E-state index is 12.1. The van der Waals surface area contributed by atoms with E-state index in [0.29, 0.717) is 5.69 Å². The van der Waals surface area contributed by atoms with Gasteiger partial charge in [0.15, 0.2) is 0 Å². The van der Waals surface area contributed by atoms with Gasteiger partial charge in [-0.15, -0.1) is 0 Å². The maximum atomic E-state index is 12.1. The number of carboxylic acids is 1. The van der Waals surface area contributed by atoms with E-state index >= 15 is 0 Å². The molecule has 0 aromatic heterocycles. The van der Waals surface area contributed by atoms with E-state index in [1.807, 2.05) is 0 Å². The number of hydrogen-bond acceptors (Lipinski definition) is 3. The summed E-state index contributed by atoms with van der Waals surface area (Å²) in [6.45, 7) is 1.34. The van der Waals surface area contributed by atoms with Crippen molar-refractivity contribution in [2.75, 3.05) is 10.6 Å². The van der Waals surface area contributed by atoms with Crippen LogP contribution in [-0.2, 0) is 9.59 Å². The second-order valence-corrected chi connectivity index (χ2v) is 5.22. The number of carbonyl (C=O) groups is 3. The highest BCUT2D eigenvalue weighted by Crippen LogP contribution is 2.27. The van der Waals surface area contributed by atoms with Gasteiger partial charge in [0, 0.05) is 18.5 Å². The van der Waals surface area contributed by atoms with Crippen molar-refractivity contribution in [3.05, 3.63) is 23.8 Å². The largest absolute Gasteiger partial charge is 0.478 e. The molecule has 0 radical (unpaired) electrons. The topological polar surface area (TPSA) is 95.5 Å². The van der Waals surface area contributed by atoms with E-state index in [4.69, 9.17) is 0 Å². The fraction of sp³-hybridized carbons (Fsp3) is 0.400. The highest BCUT2D eigenvalue weighted by atomic mass is 16.4. The summed E-state index contributed by atoms with van der Waals surface area (Å²) in [4.78, 5) is 34.4. The molecule has 21 heavy (non-hydrogen) atoms. The van der Waals surface area contributed by atoms with Crippen LogP contribution < -0.4 is 10.6 Å². The third-order valence-electron chi connectivity index (χ3n) is 3.55. The lowest BCUT2D eigenvalue weighted by Crippen LogP contribution is -2.22. The number of rotatable bonds is 4. The molecule has 1 saturated carbocycles. The van der Waals surface area contributed by atoms with Gasteiger partial charge in [-0.1, -0.05) is 12.8 Å². The Morgan fingerprint density at radius 3 is 2.38 bits per heavy atom. The Balaban J connectivity index is 2.19. The van der Waals surface area contributed by atoms with Crippen LogP contribution in [0.3, 0.4) is 0 Å². The highest BCUT2D eigenvalue weighted by Gasteiger charge is 2.24. The van der Waals surface area contributed by atoms with Crippen LogP contribution in [0.25, 0.3) is 0 Å². The van der Waals surface area contributed by atoms with Gasteiger partial charge in [0.2, 0.25) is 11.8 Å². The minimum absolute atomic E-state index is 0.0346. The van der Waals surface area contributed by atoms with E-state index < -0.39 is 5.97 Å². The van der Waals surface area contributed by atoms with E-state index in [9.17, 15) is 19.5 Å². The van der Waals surface area contributed by atoms with Gasteiger partial charge in [0.05, 0.1) is 11.3 Å². The number of aromatic carboxylic acids is 1. The predicted molar refractivity (Wildman–Crippen MR) is 78.3 cm³/mol. The van der Waals surface area contributed by atoms with E-state index in [-0.39, 0.29) is 29.0 Å². The zero-order valence-corrected chi connectivity index (χ0v) is 11.8. The van der Waals surface area contributed by atoms with Gasteiger partial charge in [0.25, 0.3) is 0 Å². The lowest BCUT2D eigenvalue weighted by molar-refractivity contribution is -0.119. The second-order valence-electron chi connectivity index (χ2n) is 5.22. The Morgan fingerprint density at radius 1 is 1.14 bits per heavy atom. The van der Waals surface area contributed by atoms with Gasteiger partial charge in [0.1, 0.15) is 0 Å². The van der Waals surface area contributed by atoms with Gasteiger partial charge in [-0.3, -0.25) is 9.59 Å². The summed E-state index contributed by atoms with van der Waals surface area (Å²) in [6, 6.07) is 4.41. The monoisotopic (exact) mass is 290 g/mol. The minimum atomic E-state index is -1.15. The first-order chi connectivity index (χ1) is 9.97. The number of hydrogen-bond donors (Lipinski definition) is 3. The van der Waals surface area contributed by atoms with E-state index in [1.165, 1.54) is 19.1 Å². The Kier molecular flexibility index (Phi) is 4.57. The SMILES string of the molecule is CC(=O)Nc1ccc(NC(=O)C2CCCC2)c(C(=O)O)c1. The molecule has 0 saturated heterocycles. The molecule has 0 atom stereocenters. The van der Waals surface area contributed by atoms with Crippen molar-refractivity contribution in [1.82, 2.24) is 0 Å². The van der Waals surface area contributed by atoms with Crippen molar-refractivity contribution in [3.8, 4) is 0 Å². The molecular formula is C15H18N2O4. The smallest absolute Gasteiger partial charge is 0.337 e. The standard InChI is InChI=1S/C15H18N2O4/c1-9(18)16-11-6-7-13(12(8-11)15(20)21)17-14(19)10-4-2-3-5-10/h6-8,10H,2-5H2,1H3,(H,16,18)(H,17,19)(H,20,21). The van der Waals surface area contributed by atoms with Crippen molar-refractivity contribution in [2.45, 2.75) is 32.6 Å². The first-order valence-corrected chi connectivity index (χ1v) is 6.93. The quantitative estimate of drug-likeness (QED) is 0.793. The Bertz CT molecular complexity index is 577. The molecule has 6 heteroatoms. The minimum Gasteiger partial charge on any atom is -0.478 e. The van der Waals surface area contributed by atoms with Crippen molar-refractivity contribution in [3.63, 3.8) is 0 Å². The molecule has 2 rings (SSSR count). The van der Waals surface area contributed by atoms with Crippen LogP contribution in [0.1, 0.15) is 43.0 Å². The molecule has 2 amide bonds. The first-order valence-electron chi connectivity index (χ1n) is 6.93. The van der Waals surface area contributed by atoms with E-state index in [1.54, 1.807) is 6.07 Å². The summed E-state index contributed by atoms with van der Waals surface area (Å²) in [6.07, 6.45) is 3.76. The van der Waals surface area contributed by atoms with Gasteiger partial charge >= 0.3 is 5.97 Å². The number of nitrogens with one attached hydrogen (secondary N) is 2. The third-order valence-corrected chi connectivity index (χ3v) is 3.55. The summed E-state index contributed by atoms with van der Waals surface area (Å²) in [7, 11) is 0. The molecule has 1 aromatic carbocycles. The Labute approximate surface area is 122 Å². The summed E-state index contributed by atoms with van der Waals surface area (Å²) in [5.41, 5.74) is 0.611. The zero-order chi connectivity index (χ0) is 15.4. The van der Waals surface area contributed by atoms with Gasteiger partial charge < -0.3 is 15.7 Å². The molecule has 3 N–H and O–H groups in total. The summed E-state index contributed by atoms with van der Waals surface area (Å²) >= 11 is 0. The molecule has 0 spiro atoms. The summed E-state index contributed by atoms with van der Waals surface area (Å²) in [5, 5.41) is 14.4. The first kappa shape index (κ1) is 15.0.